The lowest BCUT2D eigenvalue weighted by Crippen LogP contribution is -2.25. The van der Waals surface area contributed by atoms with Crippen LogP contribution in [0.3, 0.4) is 0 Å². The fourth-order valence-corrected chi connectivity index (χ4v) is 2.03. The standard InChI is InChI=1S/C13H18N2O5/c1-6(2)7(4-9(14)16)10-11(17)8(13(19)20-3)5-15-12(10)18/h5-7H,4H2,1-3H3,(H2,14,16)(H2,15,17,18)/t7-/m1/s1. The molecule has 0 spiro atoms. The average molecular weight is 282 g/mol. The number of pyridine rings is 1. The molecule has 1 atom stereocenters. The van der Waals surface area contributed by atoms with E-state index in [1.165, 1.54) is 0 Å². The number of H-pyrrole nitrogens is 1. The van der Waals surface area contributed by atoms with E-state index in [-0.39, 0.29) is 23.5 Å². The number of amides is 1. The maximum absolute atomic E-state index is 11.9. The summed E-state index contributed by atoms with van der Waals surface area (Å²) < 4.78 is 4.52. The van der Waals surface area contributed by atoms with Crippen molar-refractivity contribution in [3.05, 3.63) is 27.7 Å². The van der Waals surface area contributed by atoms with Gasteiger partial charge in [0.05, 0.1) is 12.7 Å². The molecule has 0 aliphatic carbocycles. The SMILES string of the molecule is COC(=O)c1c[nH]c(=O)c([C@H](CC(N)=O)C(C)C)c1O. The quantitative estimate of drug-likeness (QED) is 0.678. The highest BCUT2D eigenvalue weighted by atomic mass is 16.5. The third-order valence-electron chi connectivity index (χ3n) is 3.10. The lowest BCUT2D eigenvalue weighted by molar-refractivity contribution is -0.118. The Hall–Kier alpha value is -2.31. The number of nitrogens with two attached hydrogens (primary N) is 1. The minimum atomic E-state index is -0.776. The number of aromatic hydroxyl groups is 1. The first kappa shape index (κ1) is 15.7. The number of carbonyl (C=O) groups is 2. The summed E-state index contributed by atoms with van der Waals surface area (Å²) in [7, 11) is 1.16. The van der Waals surface area contributed by atoms with E-state index in [2.05, 4.69) is 9.72 Å². The maximum Gasteiger partial charge on any atom is 0.343 e. The Bertz CT molecular complexity index is 577. The molecule has 0 saturated carbocycles. The van der Waals surface area contributed by atoms with Crippen LogP contribution in [0.15, 0.2) is 11.0 Å². The first-order chi connectivity index (χ1) is 9.29. The summed E-state index contributed by atoms with van der Waals surface area (Å²) in [6.45, 7) is 3.58. The van der Waals surface area contributed by atoms with Crippen molar-refractivity contribution in [3.63, 3.8) is 0 Å². The molecular formula is C13H18N2O5. The highest BCUT2D eigenvalue weighted by molar-refractivity contribution is 5.92. The van der Waals surface area contributed by atoms with Crippen LogP contribution < -0.4 is 11.3 Å². The van der Waals surface area contributed by atoms with Crippen molar-refractivity contribution >= 4 is 11.9 Å². The number of aromatic amines is 1. The molecule has 0 saturated heterocycles. The van der Waals surface area contributed by atoms with Gasteiger partial charge in [0.15, 0.2) is 0 Å². The number of rotatable bonds is 5. The Morgan fingerprint density at radius 1 is 1.45 bits per heavy atom. The molecule has 0 aliphatic heterocycles. The molecule has 1 aromatic heterocycles. The molecule has 4 N–H and O–H groups in total. The van der Waals surface area contributed by atoms with Gasteiger partial charge in [0.25, 0.3) is 5.56 Å². The minimum absolute atomic E-state index is 0.0262. The van der Waals surface area contributed by atoms with Gasteiger partial charge in [-0.3, -0.25) is 9.59 Å². The van der Waals surface area contributed by atoms with Gasteiger partial charge in [0, 0.05) is 18.5 Å². The molecule has 7 nitrogen and oxygen atoms in total. The van der Waals surface area contributed by atoms with Crippen molar-refractivity contribution in [2.75, 3.05) is 7.11 Å². The number of ether oxygens (including phenoxy) is 1. The van der Waals surface area contributed by atoms with Crippen molar-refractivity contribution < 1.29 is 19.4 Å². The second-order valence-corrected chi connectivity index (χ2v) is 4.81. The highest BCUT2D eigenvalue weighted by Crippen LogP contribution is 2.33. The topological polar surface area (TPSA) is 122 Å². The average Bonchev–Trinajstić information content (AvgIpc) is 2.36. The lowest BCUT2D eigenvalue weighted by Gasteiger charge is -2.20. The molecular weight excluding hydrogens is 264 g/mol. The number of hydrogen-bond donors (Lipinski definition) is 3. The van der Waals surface area contributed by atoms with Crippen LogP contribution in [0.25, 0.3) is 0 Å². The zero-order valence-electron chi connectivity index (χ0n) is 11.6. The van der Waals surface area contributed by atoms with Crippen molar-refractivity contribution in [1.29, 1.82) is 0 Å². The zero-order valence-corrected chi connectivity index (χ0v) is 11.6. The second kappa shape index (κ2) is 6.23. The van der Waals surface area contributed by atoms with Crippen molar-refractivity contribution in [3.8, 4) is 5.75 Å². The number of aromatic nitrogens is 1. The molecule has 1 rings (SSSR count). The summed E-state index contributed by atoms with van der Waals surface area (Å²) in [5.41, 5.74) is 4.43. The van der Waals surface area contributed by atoms with E-state index in [1.807, 2.05) is 0 Å². The van der Waals surface area contributed by atoms with Crippen LogP contribution in [0.4, 0.5) is 0 Å². The number of hydrogen-bond acceptors (Lipinski definition) is 5. The van der Waals surface area contributed by atoms with Crippen LogP contribution in [-0.2, 0) is 9.53 Å². The monoisotopic (exact) mass is 282 g/mol. The molecule has 0 unspecified atom stereocenters. The molecule has 0 bridgehead atoms. The summed E-state index contributed by atoms with van der Waals surface area (Å²) in [6, 6.07) is 0. The number of primary amides is 1. The van der Waals surface area contributed by atoms with E-state index in [0.717, 1.165) is 13.3 Å². The maximum atomic E-state index is 11.9. The summed E-state index contributed by atoms with van der Waals surface area (Å²) in [5, 5.41) is 10.1. The largest absolute Gasteiger partial charge is 0.506 e. The fraction of sp³-hybridized carbons (Fsp3) is 0.462. The van der Waals surface area contributed by atoms with Gasteiger partial charge in [-0.25, -0.2) is 4.79 Å². The van der Waals surface area contributed by atoms with Crippen LogP contribution in [-0.4, -0.2) is 29.1 Å². The van der Waals surface area contributed by atoms with E-state index < -0.39 is 29.1 Å². The minimum Gasteiger partial charge on any atom is -0.506 e. The van der Waals surface area contributed by atoms with Crippen LogP contribution >= 0.6 is 0 Å². The van der Waals surface area contributed by atoms with Gasteiger partial charge in [-0.1, -0.05) is 13.8 Å². The fourth-order valence-electron chi connectivity index (χ4n) is 2.03. The normalized spacial score (nSPS) is 12.2. The van der Waals surface area contributed by atoms with Crippen LogP contribution in [0.1, 0.15) is 42.1 Å². The molecule has 0 fully saturated rings. The number of esters is 1. The Balaban J connectivity index is 3.44. The third kappa shape index (κ3) is 3.17. The van der Waals surface area contributed by atoms with Gasteiger partial charge in [-0.15, -0.1) is 0 Å². The smallest absolute Gasteiger partial charge is 0.343 e. The molecule has 110 valence electrons. The van der Waals surface area contributed by atoms with Crippen LogP contribution in [0.5, 0.6) is 5.75 Å². The predicted octanol–water partition coefficient (Wildman–Crippen LogP) is 0.482. The molecule has 7 heteroatoms. The zero-order chi connectivity index (χ0) is 15.4. The molecule has 0 radical (unpaired) electrons. The van der Waals surface area contributed by atoms with E-state index in [1.54, 1.807) is 13.8 Å². The first-order valence-corrected chi connectivity index (χ1v) is 6.10. The second-order valence-electron chi connectivity index (χ2n) is 4.81. The number of nitrogens with one attached hydrogen (secondary N) is 1. The van der Waals surface area contributed by atoms with Crippen LogP contribution in [0.2, 0.25) is 0 Å². The molecule has 0 aromatic carbocycles. The Labute approximate surface area is 115 Å². The summed E-state index contributed by atoms with van der Waals surface area (Å²) in [4.78, 5) is 36.9. The van der Waals surface area contributed by atoms with Gasteiger partial charge >= 0.3 is 5.97 Å². The van der Waals surface area contributed by atoms with Gasteiger partial charge in [0.1, 0.15) is 11.3 Å². The summed E-state index contributed by atoms with van der Waals surface area (Å²) in [5.74, 6) is -2.55. The number of methoxy groups -OCH3 is 1. The molecule has 1 amide bonds. The highest BCUT2D eigenvalue weighted by Gasteiger charge is 2.27. The van der Waals surface area contributed by atoms with E-state index in [0.29, 0.717) is 0 Å². The lowest BCUT2D eigenvalue weighted by atomic mass is 9.85. The third-order valence-corrected chi connectivity index (χ3v) is 3.10. The van der Waals surface area contributed by atoms with E-state index >= 15 is 0 Å². The Morgan fingerprint density at radius 2 is 2.05 bits per heavy atom. The predicted molar refractivity (Wildman–Crippen MR) is 71.5 cm³/mol. The van der Waals surface area contributed by atoms with E-state index in [4.69, 9.17) is 5.73 Å². The molecule has 20 heavy (non-hydrogen) atoms. The van der Waals surface area contributed by atoms with E-state index in [9.17, 15) is 19.5 Å². The van der Waals surface area contributed by atoms with Gasteiger partial charge in [-0.05, 0) is 5.92 Å². The number of carbonyl (C=O) groups excluding carboxylic acids is 2. The van der Waals surface area contributed by atoms with Crippen molar-refractivity contribution in [2.45, 2.75) is 26.2 Å². The summed E-state index contributed by atoms with van der Waals surface area (Å²) in [6.07, 6.45) is 0.980. The Morgan fingerprint density at radius 3 is 2.50 bits per heavy atom. The van der Waals surface area contributed by atoms with Crippen LogP contribution in [0, 0.1) is 5.92 Å². The molecule has 1 heterocycles. The van der Waals surface area contributed by atoms with Gasteiger partial charge in [0.2, 0.25) is 5.91 Å². The first-order valence-electron chi connectivity index (χ1n) is 6.10. The Kier molecular flexibility index (Phi) is 4.90. The van der Waals surface area contributed by atoms with Crippen molar-refractivity contribution in [2.24, 2.45) is 11.7 Å². The summed E-state index contributed by atoms with van der Waals surface area (Å²) >= 11 is 0. The van der Waals surface area contributed by atoms with Crippen molar-refractivity contribution in [1.82, 2.24) is 4.98 Å². The molecule has 0 aliphatic rings. The van der Waals surface area contributed by atoms with Gasteiger partial charge in [-0.2, -0.15) is 0 Å². The molecule has 1 aromatic rings. The van der Waals surface area contributed by atoms with Gasteiger partial charge < -0.3 is 20.6 Å².